The van der Waals surface area contributed by atoms with Gasteiger partial charge in [0.15, 0.2) is 5.75 Å². The van der Waals surface area contributed by atoms with Crippen LogP contribution >= 0.6 is 11.6 Å². The third-order valence-electron chi connectivity index (χ3n) is 4.71. The Balaban J connectivity index is 1.69. The van der Waals surface area contributed by atoms with Gasteiger partial charge in [0.05, 0.1) is 22.8 Å². The van der Waals surface area contributed by atoms with E-state index in [1.165, 1.54) is 12.4 Å². The molecule has 3 N–H and O–H groups in total. The van der Waals surface area contributed by atoms with Crippen LogP contribution in [0.25, 0.3) is 11.0 Å². The fraction of sp³-hybridized carbons (Fsp3) is 0.444. The molecule has 0 atom stereocenters. The fourth-order valence-corrected chi connectivity index (χ4v) is 3.80. The molecule has 148 valence electrons. The number of nitrogens with two attached hydrogens (primary N) is 1. The number of hydrogen-bond donors (Lipinski definition) is 2. The number of nitrogen functional groups attached to an aromatic ring is 1. The van der Waals surface area contributed by atoms with Crippen LogP contribution in [0.1, 0.15) is 12.6 Å². The predicted octanol–water partition coefficient (Wildman–Crippen LogP) is 2.34. The minimum atomic E-state index is 0.181. The molecule has 1 aliphatic heterocycles. The van der Waals surface area contributed by atoms with Gasteiger partial charge in [-0.1, -0.05) is 18.5 Å². The molecule has 4 rings (SSSR count). The Morgan fingerprint density at radius 3 is 2.64 bits per heavy atom. The minimum absolute atomic E-state index is 0.181. The van der Waals surface area contributed by atoms with Gasteiger partial charge in [0.1, 0.15) is 11.5 Å². The van der Waals surface area contributed by atoms with Gasteiger partial charge in [0.25, 0.3) is 0 Å². The van der Waals surface area contributed by atoms with Crippen LogP contribution in [0, 0.1) is 5.92 Å². The highest BCUT2D eigenvalue weighted by atomic mass is 35.5. The minimum Gasteiger partial charge on any atom is -0.421 e. The molecular formula is C18H23ClN8O. The second-order valence-corrected chi connectivity index (χ2v) is 7.61. The third kappa shape index (κ3) is 3.55. The van der Waals surface area contributed by atoms with Gasteiger partial charge in [0, 0.05) is 31.2 Å². The number of aromatic nitrogens is 5. The summed E-state index contributed by atoms with van der Waals surface area (Å²) in [5, 5.41) is 1.51. The summed E-state index contributed by atoms with van der Waals surface area (Å²) in [5.74, 6) is 1.98. The molecule has 3 aromatic rings. The lowest BCUT2D eigenvalue weighted by Gasteiger charge is -2.41. The number of nitrogens with zero attached hydrogens (tertiary/aromatic N) is 6. The first kappa shape index (κ1) is 18.7. The van der Waals surface area contributed by atoms with E-state index in [-0.39, 0.29) is 12.0 Å². The van der Waals surface area contributed by atoms with E-state index in [0.29, 0.717) is 22.3 Å². The quantitative estimate of drug-likeness (QED) is 0.646. The van der Waals surface area contributed by atoms with Crippen molar-refractivity contribution in [3.8, 4) is 11.8 Å². The van der Waals surface area contributed by atoms with Crippen LogP contribution in [0.15, 0.2) is 12.4 Å². The lowest BCUT2D eigenvalue weighted by Crippen LogP contribution is -2.51. The maximum Gasteiger partial charge on any atom is 0.326 e. The molecule has 1 saturated heterocycles. The number of rotatable bonds is 6. The lowest BCUT2D eigenvalue weighted by molar-refractivity contribution is 0.282. The Kier molecular flexibility index (Phi) is 4.94. The molecule has 0 aromatic carbocycles. The Bertz CT molecular complexity index is 981. The molecule has 0 unspecified atom stereocenters. The summed E-state index contributed by atoms with van der Waals surface area (Å²) in [6.45, 7) is 4.91. The number of aryl methyl sites for hydroxylation is 1. The average Bonchev–Trinajstić information content (AvgIpc) is 2.95. The Morgan fingerprint density at radius 1 is 1.29 bits per heavy atom. The van der Waals surface area contributed by atoms with Crippen LogP contribution in [-0.2, 0) is 6.42 Å². The van der Waals surface area contributed by atoms with Gasteiger partial charge in [-0.05, 0) is 20.5 Å². The molecule has 3 aromatic heterocycles. The Morgan fingerprint density at radius 2 is 2.00 bits per heavy atom. The zero-order chi connectivity index (χ0) is 19.8. The van der Waals surface area contributed by atoms with E-state index in [4.69, 9.17) is 22.1 Å². The topological polar surface area (TPSA) is 109 Å². The van der Waals surface area contributed by atoms with Crippen molar-refractivity contribution in [1.82, 2.24) is 29.8 Å². The van der Waals surface area contributed by atoms with Crippen LogP contribution in [-0.4, -0.2) is 63.5 Å². The number of hydrogen-bond acceptors (Lipinski definition) is 8. The van der Waals surface area contributed by atoms with Crippen molar-refractivity contribution in [2.45, 2.75) is 13.3 Å². The highest BCUT2D eigenvalue weighted by Crippen LogP contribution is 2.38. The van der Waals surface area contributed by atoms with E-state index in [1.807, 2.05) is 6.92 Å². The highest BCUT2D eigenvalue weighted by molar-refractivity contribution is 6.37. The van der Waals surface area contributed by atoms with E-state index in [0.717, 1.165) is 43.0 Å². The smallest absolute Gasteiger partial charge is 0.326 e. The van der Waals surface area contributed by atoms with Crippen LogP contribution in [0.3, 0.4) is 0 Å². The van der Waals surface area contributed by atoms with E-state index in [1.54, 1.807) is 0 Å². The molecule has 0 spiro atoms. The molecule has 0 aliphatic carbocycles. The normalized spacial score (nSPS) is 14.7. The molecule has 10 heteroatoms. The highest BCUT2D eigenvalue weighted by Gasteiger charge is 2.31. The van der Waals surface area contributed by atoms with E-state index < -0.39 is 0 Å². The maximum atomic E-state index is 6.62. The van der Waals surface area contributed by atoms with Crippen molar-refractivity contribution in [2.24, 2.45) is 5.92 Å². The number of nitrogens with one attached hydrogen (secondary N) is 1. The average molecular weight is 403 g/mol. The predicted molar refractivity (Wildman–Crippen MR) is 109 cm³/mol. The number of fused-ring (bicyclic) bond motifs is 1. The molecule has 1 aliphatic rings. The summed E-state index contributed by atoms with van der Waals surface area (Å²) in [6, 6.07) is 0.215. The summed E-state index contributed by atoms with van der Waals surface area (Å²) in [4.78, 5) is 24.7. The summed E-state index contributed by atoms with van der Waals surface area (Å²) in [7, 11) is 4.17. The first-order valence-electron chi connectivity index (χ1n) is 9.17. The monoisotopic (exact) mass is 402 g/mol. The second kappa shape index (κ2) is 7.40. The van der Waals surface area contributed by atoms with E-state index in [2.05, 4.69) is 48.8 Å². The van der Waals surface area contributed by atoms with Crippen LogP contribution < -0.4 is 15.4 Å². The second-order valence-electron chi connectivity index (χ2n) is 7.24. The zero-order valence-corrected chi connectivity index (χ0v) is 16.9. The number of anilines is 2. The van der Waals surface area contributed by atoms with Gasteiger partial charge in [-0.25, -0.2) is 9.97 Å². The van der Waals surface area contributed by atoms with Gasteiger partial charge >= 0.3 is 6.01 Å². The number of ether oxygens (including phenoxy) is 1. The molecule has 0 bridgehead atoms. The van der Waals surface area contributed by atoms with Crippen molar-refractivity contribution >= 4 is 34.4 Å². The molecule has 28 heavy (non-hydrogen) atoms. The van der Waals surface area contributed by atoms with E-state index in [9.17, 15) is 0 Å². The van der Waals surface area contributed by atoms with Gasteiger partial charge in [-0.2, -0.15) is 9.97 Å². The van der Waals surface area contributed by atoms with Crippen molar-refractivity contribution in [3.63, 3.8) is 0 Å². The SMILES string of the molecule is CCc1[nH]c2nc(Oc3cnc(N)nc3)nc(N3CC(CN(C)C)C3)c2c1Cl. The molecular weight excluding hydrogens is 380 g/mol. The summed E-state index contributed by atoms with van der Waals surface area (Å²) >= 11 is 6.62. The van der Waals surface area contributed by atoms with Crippen molar-refractivity contribution in [2.75, 3.05) is 44.4 Å². The maximum absolute atomic E-state index is 6.62. The van der Waals surface area contributed by atoms with Gasteiger partial charge < -0.3 is 25.3 Å². The van der Waals surface area contributed by atoms with Crippen molar-refractivity contribution in [3.05, 3.63) is 23.1 Å². The van der Waals surface area contributed by atoms with E-state index >= 15 is 0 Å². The number of aromatic amines is 1. The molecule has 1 fully saturated rings. The van der Waals surface area contributed by atoms with Crippen LogP contribution in [0.5, 0.6) is 11.8 Å². The van der Waals surface area contributed by atoms with Crippen molar-refractivity contribution < 1.29 is 4.74 Å². The number of halogens is 1. The van der Waals surface area contributed by atoms with Crippen LogP contribution in [0.4, 0.5) is 11.8 Å². The molecule has 0 radical (unpaired) electrons. The van der Waals surface area contributed by atoms with Gasteiger partial charge in [0.2, 0.25) is 5.95 Å². The molecule has 0 amide bonds. The van der Waals surface area contributed by atoms with Crippen molar-refractivity contribution in [1.29, 1.82) is 0 Å². The van der Waals surface area contributed by atoms with Gasteiger partial charge in [-0.15, -0.1) is 0 Å². The largest absolute Gasteiger partial charge is 0.421 e. The molecule has 9 nitrogen and oxygen atoms in total. The standard InChI is InChI=1S/C18H23ClN8O/c1-4-12-14(19)13-15(23-12)24-18(28-11-5-21-17(20)22-6-11)25-16(13)27-8-10(9-27)7-26(2)3/h5-6,10H,4,7-9H2,1-3H3,(H2,20,21,22)(H,23,24,25). The first-order chi connectivity index (χ1) is 13.4. The number of H-pyrrole nitrogens is 1. The Hall–Kier alpha value is -2.65. The summed E-state index contributed by atoms with van der Waals surface area (Å²) < 4.78 is 5.77. The third-order valence-corrected chi connectivity index (χ3v) is 5.13. The Labute approximate surface area is 167 Å². The summed E-state index contributed by atoms with van der Waals surface area (Å²) in [5.41, 5.74) is 7.12. The van der Waals surface area contributed by atoms with Crippen LogP contribution in [0.2, 0.25) is 5.02 Å². The molecule has 4 heterocycles. The zero-order valence-electron chi connectivity index (χ0n) is 16.1. The van der Waals surface area contributed by atoms with Gasteiger partial charge in [-0.3, -0.25) is 0 Å². The molecule has 0 saturated carbocycles. The fourth-order valence-electron chi connectivity index (χ4n) is 3.45. The lowest BCUT2D eigenvalue weighted by atomic mass is 9.99. The first-order valence-corrected chi connectivity index (χ1v) is 9.55. The summed E-state index contributed by atoms with van der Waals surface area (Å²) in [6.07, 6.45) is 3.76.